The molecule has 1 N–H and O–H groups in total. The number of nitrogens with zero attached hydrogens (tertiary/aromatic N) is 1. The van der Waals surface area contributed by atoms with Crippen molar-refractivity contribution in [3.05, 3.63) is 29.8 Å². The van der Waals surface area contributed by atoms with Gasteiger partial charge in [0, 0.05) is 12.0 Å². The molecule has 5 rings (SSSR count). The first-order valence-electron chi connectivity index (χ1n) is 10.1. The van der Waals surface area contributed by atoms with Crippen molar-refractivity contribution in [2.45, 2.75) is 44.6 Å². The zero-order valence-electron chi connectivity index (χ0n) is 16.3. The molecule has 0 aliphatic heterocycles. The summed E-state index contributed by atoms with van der Waals surface area (Å²) < 4.78 is 5.26. The molecule has 4 fully saturated rings. The Bertz CT molecular complexity index is 617. The van der Waals surface area contributed by atoms with Gasteiger partial charge in [0.15, 0.2) is 0 Å². The van der Waals surface area contributed by atoms with Crippen molar-refractivity contribution in [2.75, 3.05) is 27.7 Å². The van der Waals surface area contributed by atoms with Crippen molar-refractivity contribution >= 4 is 5.91 Å². The fourth-order valence-electron chi connectivity index (χ4n) is 6.19. The monoisotopic (exact) mass is 356 g/mol. The molecule has 4 heteroatoms. The molecule has 1 amide bonds. The minimum absolute atomic E-state index is 0.0640. The molecular formula is C22H32N2O2. The molecule has 0 spiro atoms. The van der Waals surface area contributed by atoms with Crippen LogP contribution in [0.4, 0.5) is 0 Å². The van der Waals surface area contributed by atoms with E-state index in [4.69, 9.17) is 4.74 Å². The molecule has 4 nitrogen and oxygen atoms in total. The number of carbonyl (C=O) groups excluding carboxylic acids is 1. The minimum atomic E-state index is -0.0640. The normalized spacial score (nSPS) is 33.3. The van der Waals surface area contributed by atoms with E-state index in [0.717, 1.165) is 42.8 Å². The lowest BCUT2D eigenvalue weighted by Crippen LogP contribution is -2.54. The molecule has 4 aliphatic rings. The van der Waals surface area contributed by atoms with Crippen molar-refractivity contribution < 1.29 is 9.53 Å². The molecule has 4 bridgehead atoms. The summed E-state index contributed by atoms with van der Waals surface area (Å²) in [7, 11) is 5.84. The Hall–Kier alpha value is -1.55. The van der Waals surface area contributed by atoms with Gasteiger partial charge in [-0.25, -0.2) is 0 Å². The third-order valence-electron chi connectivity index (χ3n) is 7.10. The summed E-state index contributed by atoms with van der Waals surface area (Å²) >= 11 is 0. The highest BCUT2D eigenvalue weighted by Gasteiger charge is 2.54. The number of likely N-dealkylation sites (N-methyl/N-ethyl adjacent to an activating group) is 1. The highest BCUT2D eigenvalue weighted by Crippen LogP contribution is 2.60. The van der Waals surface area contributed by atoms with Gasteiger partial charge in [0.1, 0.15) is 5.75 Å². The van der Waals surface area contributed by atoms with E-state index in [0.29, 0.717) is 12.5 Å². The lowest BCUT2D eigenvalue weighted by molar-refractivity contribution is -0.146. The Labute approximate surface area is 157 Å². The SMILES string of the molecule is COc1ccc(C(CNC(=O)C23CC4CC(CC(C4)C2)C3)N(C)C)cc1. The first-order valence-corrected chi connectivity index (χ1v) is 10.1. The predicted octanol–water partition coefficient (Wildman–Crippen LogP) is 3.63. The van der Waals surface area contributed by atoms with Crippen LogP contribution >= 0.6 is 0 Å². The van der Waals surface area contributed by atoms with Crippen LogP contribution in [-0.2, 0) is 4.79 Å². The molecule has 26 heavy (non-hydrogen) atoms. The molecule has 1 aromatic rings. The Balaban J connectivity index is 1.43. The summed E-state index contributed by atoms with van der Waals surface area (Å²) in [5.41, 5.74) is 1.15. The molecule has 0 saturated heterocycles. The van der Waals surface area contributed by atoms with Gasteiger partial charge < -0.3 is 15.0 Å². The van der Waals surface area contributed by atoms with E-state index in [1.807, 2.05) is 12.1 Å². The van der Waals surface area contributed by atoms with Crippen molar-refractivity contribution in [3.8, 4) is 5.75 Å². The topological polar surface area (TPSA) is 41.6 Å². The number of rotatable bonds is 6. The van der Waals surface area contributed by atoms with Crippen LogP contribution in [0.5, 0.6) is 5.75 Å². The molecule has 0 radical (unpaired) electrons. The van der Waals surface area contributed by atoms with E-state index < -0.39 is 0 Å². The molecule has 4 saturated carbocycles. The lowest BCUT2D eigenvalue weighted by Gasteiger charge is -2.55. The van der Waals surface area contributed by atoms with E-state index in [1.165, 1.54) is 24.8 Å². The lowest BCUT2D eigenvalue weighted by atomic mass is 9.49. The van der Waals surface area contributed by atoms with Crippen LogP contribution in [0.2, 0.25) is 0 Å². The average molecular weight is 357 g/mol. The maximum absolute atomic E-state index is 13.2. The largest absolute Gasteiger partial charge is 0.497 e. The Morgan fingerprint density at radius 3 is 2.12 bits per heavy atom. The zero-order valence-corrected chi connectivity index (χ0v) is 16.3. The number of benzene rings is 1. The van der Waals surface area contributed by atoms with Crippen LogP contribution in [0, 0.1) is 23.2 Å². The number of nitrogens with one attached hydrogen (secondary N) is 1. The van der Waals surface area contributed by atoms with Gasteiger partial charge in [-0.1, -0.05) is 12.1 Å². The van der Waals surface area contributed by atoms with Crippen molar-refractivity contribution in [2.24, 2.45) is 23.2 Å². The van der Waals surface area contributed by atoms with Gasteiger partial charge in [-0.05, 0) is 88.1 Å². The summed E-state index contributed by atoms with van der Waals surface area (Å²) in [6.45, 7) is 0.667. The number of hydrogen-bond donors (Lipinski definition) is 1. The van der Waals surface area contributed by atoms with Crippen LogP contribution < -0.4 is 10.1 Å². The first kappa shape index (κ1) is 17.8. The number of carbonyl (C=O) groups is 1. The van der Waals surface area contributed by atoms with Crippen molar-refractivity contribution in [1.82, 2.24) is 10.2 Å². The second-order valence-electron chi connectivity index (χ2n) is 9.16. The van der Waals surface area contributed by atoms with Crippen molar-refractivity contribution in [3.63, 3.8) is 0 Å². The van der Waals surface area contributed by atoms with Crippen LogP contribution in [0.15, 0.2) is 24.3 Å². The van der Waals surface area contributed by atoms with Crippen LogP contribution in [0.1, 0.15) is 50.1 Å². The summed E-state index contributed by atoms with van der Waals surface area (Å²) in [6.07, 6.45) is 7.50. The minimum Gasteiger partial charge on any atom is -0.497 e. The highest BCUT2D eigenvalue weighted by atomic mass is 16.5. The van der Waals surface area contributed by atoms with Gasteiger partial charge in [-0.2, -0.15) is 0 Å². The smallest absolute Gasteiger partial charge is 0.226 e. The maximum Gasteiger partial charge on any atom is 0.226 e. The van der Waals surface area contributed by atoms with E-state index in [-0.39, 0.29) is 11.5 Å². The fourth-order valence-corrected chi connectivity index (χ4v) is 6.19. The molecular weight excluding hydrogens is 324 g/mol. The third-order valence-corrected chi connectivity index (χ3v) is 7.10. The number of amides is 1. The molecule has 142 valence electrons. The Morgan fingerprint density at radius 2 is 1.65 bits per heavy atom. The summed E-state index contributed by atoms with van der Waals surface area (Å²) in [4.78, 5) is 15.4. The summed E-state index contributed by atoms with van der Waals surface area (Å²) in [5.74, 6) is 3.59. The van der Waals surface area contributed by atoms with Gasteiger partial charge >= 0.3 is 0 Å². The van der Waals surface area contributed by atoms with Gasteiger partial charge in [-0.15, -0.1) is 0 Å². The summed E-state index contributed by atoms with van der Waals surface area (Å²) in [5, 5.41) is 3.34. The standard InChI is InChI=1S/C22H32N2O2/c1-24(2)20(18-4-6-19(26-3)7-5-18)14-23-21(25)22-11-15-8-16(12-22)10-17(9-15)13-22/h4-7,15-17,20H,8-14H2,1-3H3,(H,23,25). The third kappa shape index (κ3) is 3.24. The second kappa shape index (κ2) is 6.88. The zero-order chi connectivity index (χ0) is 18.3. The second-order valence-corrected chi connectivity index (χ2v) is 9.16. The quantitative estimate of drug-likeness (QED) is 0.846. The molecule has 1 atom stereocenters. The van der Waals surface area contributed by atoms with Crippen LogP contribution in [-0.4, -0.2) is 38.6 Å². The van der Waals surface area contributed by atoms with Gasteiger partial charge in [0.2, 0.25) is 5.91 Å². The average Bonchev–Trinajstić information content (AvgIpc) is 2.61. The molecule has 4 aliphatic carbocycles. The van der Waals surface area contributed by atoms with Crippen LogP contribution in [0.25, 0.3) is 0 Å². The predicted molar refractivity (Wildman–Crippen MR) is 103 cm³/mol. The molecule has 0 aromatic heterocycles. The molecule has 1 aromatic carbocycles. The van der Waals surface area contributed by atoms with Crippen LogP contribution in [0.3, 0.4) is 0 Å². The van der Waals surface area contributed by atoms with Gasteiger partial charge in [0.25, 0.3) is 0 Å². The maximum atomic E-state index is 13.2. The van der Waals surface area contributed by atoms with Crippen molar-refractivity contribution in [1.29, 1.82) is 0 Å². The molecule has 1 unspecified atom stereocenters. The van der Waals surface area contributed by atoms with E-state index in [9.17, 15) is 4.79 Å². The fraction of sp³-hybridized carbons (Fsp3) is 0.682. The number of hydrogen-bond acceptors (Lipinski definition) is 3. The highest BCUT2D eigenvalue weighted by molar-refractivity contribution is 5.83. The number of ether oxygens (including phenoxy) is 1. The summed E-state index contributed by atoms with van der Waals surface area (Å²) in [6, 6.07) is 8.36. The molecule has 0 heterocycles. The van der Waals surface area contributed by atoms with E-state index in [1.54, 1.807) is 7.11 Å². The Kier molecular flexibility index (Phi) is 4.72. The Morgan fingerprint density at radius 1 is 1.12 bits per heavy atom. The van der Waals surface area contributed by atoms with Gasteiger partial charge in [-0.3, -0.25) is 4.79 Å². The number of methoxy groups -OCH3 is 1. The first-order chi connectivity index (χ1) is 12.5. The van der Waals surface area contributed by atoms with E-state index in [2.05, 4.69) is 36.4 Å². The van der Waals surface area contributed by atoms with E-state index >= 15 is 0 Å². The van der Waals surface area contributed by atoms with Gasteiger partial charge in [0.05, 0.1) is 13.2 Å².